The topological polar surface area (TPSA) is 12.0 Å². The van der Waals surface area contributed by atoms with Gasteiger partial charge in [0.15, 0.2) is 0 Å². The largest absolute Gasteiger partial charge is 0.309 e. The van der Waals surface area contributed by atoms with Crippen molar-refractivity contribution in [1.82, 2.24) is 5.32 Å². The third-order valence-electron chi connectivity index (χ3n) is 3.32. The molecule has 0 amide bonds. The van der Waals surface area contributed by atoms with Crippen LogP contribution in [0.1, 0.15) is 36.5 Å². The standard InChI is InChI=1S/C17H19ClFN/c1-12(2)14-8-6-13(7-9-14)10-20-11-15-4-3-5-16(19)17(15)18/h3-9,12,20H,10-11H2,1-2H3. The second kappa shape index (κ2) is 6.87. The molecule has 0 radical (unpaired) electrons. The molecule has 0 aromatic heterocycles. The lowest BCUT2D eigenvalue weighted by atomic mass is 10.0. The zero-order valence-electron chi connectivity index (χ0n) is 11.8. The van der Waals surface area contributed by atoms with E-state index >= 15 is 0 Å². The second-order valence-electron chi connectivity index (χ2n) is 5.21. The van der Waals surface area contributed by atoms with Crippen molar-refractivity contribution >= 4 is 11.6 Å². The van der Waals surface area contributed by atoms with Crippen LogP contribution in [-0.4, -0.2) is 0 Å². The summed E-state index contributed by atoms with van der Waals surface area (Å²) in [6, 6.07) is 13.4. The Morgan fingerprint density at radius 1 is 1.05 bits per heavy atom. The highest BCUT2D eigenvalue weighted by molar-refractivity contribution is 6.31. The number of hydrogen-bond acceptors (Lipinski definition) is 1. The lowest BCUT2D eigenvalue weighted by Crippen LogP contribution is -2.13. The average Bonchev–Trinajstić information content (AvgIpc) is 2.44. The predicted octanol–water partition coefficient (Wildman–Crippen LogP) is 4.89. The van der Waals surface area contributed by atoms with Gasteiger partial charge in [0.2, 0.25) is 0 Å². The van der Waals surface area contributed by atoms with Gasteiger partial charge in [-0.05, 0) is 28.7 Å². The molecule has 0 heterocycles. The quantitative estimate of drug-likeness (QED) is 0.827. The lowest BCUT2D eigenvalue weighted by Gasteiger charge is -2.09. The molecule has 106 valence electrons. The van der Waals surface area contributed by atoms with Crippen LogP contribution in [0.15, 0.2) is 42.5 Å². The highest BCUT2D eigenvalue weighted by Crippen LogP contribution is 2.19. The van der Waals surface area contributed by atoms with Crippen LogP contribution in [0.2, 0.25) is 5.02 Å². The molecule has 0 saturated heterocycles. The van der Waals surface area contributed by atoms with Crippen LogP contribution in [0, 0.1) is 5.82 Å². The molecule has 0 atom stereocenters. The van der Waals surface area contributed by atoms with Gasteiger partial charge in [-0.1, -0.05) is 61.8 Å². The van der Waals surface area contributed by atoms with Gasteiger partial charge in [0.05, 0.1) is 5.02 Å². The van der Waals surface area contributed by atoms with E-state index < -0.39 is 0 Å². The van der Waals surface area contributed by atoms with Crippen LogP contribution in [0.4, 0.5) is 4.39 Å². The summed E-state index contributed by atoms with van der Waals surface area (Å²) in [5, 5.41) is 3.49. The van der Waals surface area contributed by atoms with Crippen molar-refractivity contribution in [3.63, 3.8) is 0 Å². The Bertz CT molecular complexity index is 564. The molecule has 0 spiro atoms. The van der Waals surface area contributed by atoms with Gasteiger partial charge in [0, 0.05) is 13.1 Å². The zero-order chi connectivity index (χ0) is 14.5. The van der Waals surface area contributed by atoms with Crippen molar-refractivity contribution in [2.75, 3.05) is 0 Å². The Kier molecular flexibility index (Phi) is 5.16. The van der Waals surface area contributed by atoms with E-state index in [1.54, 1.807) is 6.07 Å². The maximum Gasteiger partial charge on any atom is 0.142 e. The molecule has 0 bridgehead atoms. The highest BCUT2D eigenvalue weighted by atomic mass is 35.5. The zero-order valence-corrected chi connectivity index (χ0v) is 12.5. The van der Waals surface area contributed by atoms with Gasteiger partial charge in [-0.2, -0.15) is 0 Å². The summed E-state index contributed by atoms with van der Waals surface area (Å²) in [6.07, 6.45) is 0. The minimum atomic E-state index is -0.368. The molecule has 20 heavy (non-hydrogen) atoms. The summed E-state index contributed by atoms with van der Waals surface area (Å²) in [5.41, 5.74) is 3.33. The molecule has 1 nitrogen and oxygen atoms in total. The molecule has 0 saturated carbocycles. The van der Waals surface area contributed by atoms with E-state index in [1.807, 2.05) is 6.07 Å². The normalized spacial score (nSPS) is 11.1. The van der Waals surface area contributed by atoms with Crippen LogP contribution in [-0.2, 0) is 13.1 Å². The lowest BCUT2D eigenvalue weighted by molar-refractivity contribution is 0.620. The number of hydrogen-bond donors (Lipinski definition) is 1. The van der Waals surface area contributed by atoms with Crippen molar-refractivity contribution in [2.24, 2.45) is 0 Å². The molecular formula is C17H19ClFN. The Balaban J connectivity index is 1.91. The van der Waals surface area contributed by atoms with Crippen LogP contribution in [0.5, 0.6) is 0 Å². The van der Waals surface area contributed by atoms with Crippen molar-refractivity contribution in [3.05, 3.63) is 70.0 Å². The molecule has 2 aromatic carbocycles. The van der Waals surface area contributed by atoms with E-state index in [-0.39, 0.29) is 10.8 Å². The van der Waals surface area contributed by atoms with E-state index in [0.717, 1.165) is 12.1 Å². The summed E-state index contributed by atoms with van der Waals surface area (Å²) in [6.45, 7) is 5.66. The Labute approximate surface area is 124 Å². The summed E-state index contributed by atoms with van der Waals surface area (Å²) in [7, 11) is 0. The first-order chi connectivity index (χ1) is 9.58. The molecule has 0 aliphatic rings. The van der Waals surface area contributed by atoms with Gasteiger partial charge >= 0.3 is 0 Å². The number of nitrogens with one attached hydrogen (secondary N) is 1. The van der Waals surface area contributed by atoms with E-state index in [2.05, 4.69) is 43.4 Å². The van der Waals surface area contributed by atoms with Crippen LogP contribution in [0.3, 0.4) is 0 Å². The molecule has 2 aromatic rings. The summed E-state index contributed by atoms with van der Waals surface area (Å²) in [4.78, 5) is 0. The summed E-state index contributed by atoms with van der Waals surface area (Å²) < 4.78 is 13.3. The van der Waals surface area contributed by atoms with Crippen LogP contribution < -0.4 is 5.32 Å². The molecule has 0 aliphatic carbocycles. The first-order valence-electron chi connectivity index (χ1n) is 6.80. The van der Waals surface area contributed by atoms with E-state index in [1.165, 1.54) is 17.2 Å². The second-order valence-corrected chi connectivity index (χ2v) is 5.59. The van der Waals surface area contributed by atoms with E-state index in [9.17, 15) is 4.39 Å². The third kappa shape index (κ3) is 3.81. The van der Waals surface area contributed by atoms with Crippen molar-refractivity contribution in [1.29, 1.82) is 0 Å². The fourth-order valence-electron chi connectivity index (χ4n) is 2.05. The summed E-state index contributed by atoms with van der Waals surface area (Å²) in [5.74, 6) is 0.176. The van der Waals surface area contributed by atoms with E-state index in [0.29, 0.717) is 12.5 Å². The monoisotopic (exact) mass is 291 g/mol. The first kappa shape index (κ1) is 15.0. The van der Waals surface area contributed by atoms with Gasteiger partial charge in [0.25, 0.3) is 0 Å². The van der Waals surface area contributed by atoms with Crippen molar-refractivity contribution in [2.45, 2.75) is 32.9 Å². The minimum absolute atomic E-state index is 0.204. The van der Waals surface area contributed by atoms with Gasteiger partial charge < -0.3 is 5.32 Å². The van der Waals surface area contributed by atoms with Gasteiger partial charge in [0.1, 0.15) is 5.82 Å². The molecule has 0 fully saturated rings. The molecule has 3 heteroatoms. The maximum absolute atomic E-state index is 13.3. The summed E-state index contributed by atoms with van der Waals surface area (Å²) >= 11 is 5.92. The van der Waals surface area contributed by atoms with Gasteiger partial charge in [-0.15, -0.1) is 0 Å². The number of benzene rings is 2. The molecule has 0 unspecified atom stereocenters. The van der Waals surface area contributed by atoms with Gasteiger partial charge in [-0.25, -0.2) is 4.39 Å². The molecule has 1 N–H and O–H groups in total. The fourth-order valence-corrected chi connectivity index (χ4v) is 2.24. The Morgan fingerprint density at radius 3 is 2.40 bits per heavy atom. The minimum Gasteiger partial charge on any atom is -0.309 e. The smallest absolute Gasteiger partial charge is 0.142 e. The van der Waals surface area contributed by atoms with Crippen LogP contribution in [0.25, 0.3) is 0 Å². The number of rotatable bonds is 5. The first-order valence-corrected chi connectivity index (χ1v) is 7.18. The maximum atomic E-state index is 13.3. The van der Waals surface area contributed by atoms with Crippen molar-refractivity contribution in [3.8, 4) is 0 Å². The highest BCUT2D eigenvalue weighted by Gasteiger charge is 2.05. The predicted molar refractivity (Wildman–Crippen MR) is 82.5 cm³/mol. The van der Waals surface area contributed by atoms with Crippen LogP contribution >= 0.6 is 11.6 Å². The van der Waals surface area contributed by atoms with Gasteiger partial charge in [-0.3, -0.25) is 0 Å². The molecule has 0 aliphatic heterocycles. The average molecular weight is 292 g/mol. The van der Waals surface area contributed by atoms with E-state index in [4.69, 9.17) is 11.6 Å². The SMILES string of the molecule is CC(C)c1ccc(CNCc2cccc(F)c2Cl)cc1. The molecule has 2 rings (SSSR count). The van der Waals surface area contributed by atoms with Crippen molar-refractivity contribution < 1.29 is 4.39 Å². The number of halogens is 2. The third-order valence-corrected chi connectivity index (χ3v) is 3.75. The molecular weight excluding hydrogens is 273 g/mol. The fraction of sp³-hybridized carbons (Fsp3) is 0.294. The Morgan fingerprint density at radius 2 is 1.75 bits per heavy atom. The Hall–Kier alpha value is -1.38.